The molecule has 0 bridgehead atoms. The maximum absolute atomic E-state index is 6.39. The van der Waals surface area contributed by atoms with Crippen molar-refractivity contribution >= 4 is 35.7 Å². The molecule has 3 aliphatic rings. The molecule has 3 saturated heterocycles. The minimum absolute atomic E-state index is 0.537. The lowest BCUT2D eigenvalue weighted by Crippen LogP contribution is -2.42. The molecule has 2 aromatic heterocycles. The fourth-order valence-corrected chi connectivity index (χ4v) is 9.47. The van der Waals surface area contributed by atoms with Gasteiger partial charge in [-0.1, -0.05) is 74.1 Å². The van der Waals surface area contributed by atoms with Gasteiger partial charge >= 0.3 is 0 Å². The van der Waals surface area contributed by atoms with Crippen LogP contribution in [0.2, 0.25) is 0 Å². The van der Waals surface area contributed by atoms with Crippen LogP contribution in [0.1, 0.15) is 151 Å². The standard InChI is InChI=1S/C54H92N12O3/c1-10-14-26-61(8)49-55-50(57-51(56-49)63(28-15-11-2)29-19-37-69-48-39-46(67-35-16-12-3)38-47(40-48)68-36-17-13-4)62(9)27-18-20-45-41-66(34-25-44(45)7)54-59-52(64-30-21-42(5)22-31-64)58-53(60-54)65-32-23-43(6)24-33-65/h38-40,42-45H,10-37,41H2,1-9H3. The predicted molar refractivity (Wildman–Crippen MR) is 286 cm³/mol. The molecule has 0 saturated carbocycles. The molecule has 386 valence electrons. The van der Waals surface area contributed by atoms with E-state index in [0.29, 0.717) is 31.7 Å². The van der Waals surface area contributed by atoms with Crippen LogP contribution in [0.15, 0.2) is 18.2 Å². The predicted octanol–water partition coefficient (Wildman–Crippen LogP) is 10.6. The summed E-state index contributed by atoms with van der Waals surface area (Å²) in [5.41, 5.74) is 0. The van der Waals surface area contributed by atoms with E-state index in [9.17, 15) is 0 Å². The van der Waals surface area contributed by atoms with Crippen molar-refractivity contribution < 1.29 is 14.2 Å². The van der Waals surface area contributed by atoms with Crippen LogP contribution in [0.25, 0.3) is 0 Å². The van der Waals surface area contributed by atoms with Gasteiger partial charge in [-0.15, -0.1) is 0 Å². The molecule has 0 spiro atoms. The van der Waals surface area contributed by atoms with Crippen molar-refractivity contribution in [1.29, 1.82) is 0 Å². The van der Waals surface area contributed by atoms with E-state index in [4.69, 9.17) is 44.1 Å². The first-order valence-corrected chi connectivity index (χ1v) is 27.5. The van der Waals surface area contributed by atoms with Crippen LogP contribution in [0.4, 0.5) is 35.7 Å². The molecule has 5 heterocycles. The van der Waals surface area contributed by atoms with Crippen LogP contribution in [0.3, 0.4) is 0 Å². The zero-order valence-corrected chi connectivity index (χ0v) is 44.6. The molecule has 0 aliphatic carbocycles. The fourth-order valence-electron chi connectivity index (χ4n) is 9.47. The van der Waals surface area contributed by atoms with Gasteiger partial charge in [-0.25, -0.2) is 0 Å². The quantitative estimate of drug-likeness (QED) is 0.0613. The Hall–Kier alpha value is -4.56. The number of rotatable bonds is 29. The molecule has 2 atom stereocenters. The van der Waals surface area contributed by atoms with Crippen LogP contribution in [-0.2, 0) is 0 Å². The van der Waals surface area contributed by atoms with Gasteiger partial charge in [0.15, 0.2) is 0 Å². The maximum atomic E-state index is 6.39. The summed E-state index contributed by atoms with van der Waals surface area (Å²) in [6.45, 7) is 27.3. The summed E-state index contributed by atoms with van der Waals surface area (Å²) in [5, 5.41) is 0. The lowest BCUT2D eigenvalue weighted by Gasteiger charge is -2.38. The van der Waals surface area contributed by atoms with Gasteiger partial charge in [0, 0.05) is 97.7 Å². The van der Waals surface area contributed by atoms with Gasteiger partial charge in [-0.3, -0.25) is 0 Å². The Bertz CT molecular complexity index is 1860. The number of ether oxygens (including phenoxy) is 3. The van der Waals surface area contributed by atoms with E-state index in [1.54, 1.807) is 0 Å². The van der Waals surface area contributed by atoms with Crippen LogP contribution in [0, 0.1) is 23.7 Å². The summed E-state index contributed by atoms with van der Waals surface area (Å²) in [5.74, 6) is 9.82. The van der Waals surface area contributed by atoms with Crippen molar-refractivity contribution in [1.82, 2.24) is 29.9 Å². The molecule has 0 amide bonds. The summed E-state index contributed by atoms with van der Waals surface area (Å²) in [4.78, 5) is 45.1. The van der Waals surface area contributed by atoms with E-state index in [0.717, 1.165) is 207 Å². The van der Waals surface area contributed by atoms with Gasteiger partial charge in [0.2, 0.25) is 35.7 Å². The molecular formula is C54H92N12O3. The van der Waals surface area contributed by atoms with Crippen LogP contribution in [0.5, 0.6) is 17.2 Å². The van der Waals surface area contributed by atoms with Gasteiger partial charge in [-0.05, 0) is 101 Å². The van der Waals surface area contributed by atoms with Crippen LogP contribution < -0.4 is 43.6 Å². The van der Waals surface area contributed by atoms with Gasteiger partial charge in [0.25, 0.3) is 0 Å². The summed E-state index contributed by atoms with van der Waals surface area (Å²) >= 11 is 0. The van der Waals surface area contributed by atoms with Crippen LogP contribution in [-0.4, -0.2) is 129 Å². The van der Waals surface area contributed by atoms with Gasteiger partial charge in [0.1, 0.15) is 17.2 Å². The third-order valence-electron chi connectivity index (χ3n) is 14.6. The molecule has 6 rings (SSSR count). The van der Waals surface area contributed by atoms with Gasteiger partial charge in [-0.2, -0.15) is 29.9 Å². The van der Waals surface area contributed by atoms with E-state index in [1.165, 1.54) is 25.7 Å². The zero-order valence-electron chi connectivity index (χ0n) is 44.6. The maximum Gasteiger partial charge on any atom is 0.231 e. The smallest absolute Gasteiger partial charge is 0.231 e. The van der Waals surface area contributed by atoms with Crippen molar-refractivity contribution in [3.8, 4) is 17.2 Å². The molecule has 69 heavy (non-hydrogen) atoms. The van der Waals surface area contributed by atoms with Crippen molar-refractivity contribution in [2.45, 2.75) is 151 Å². The topological polar surface area (TPSA) is 124 Å². The third-order valence-corrected chi connectivity index (χ3v) is 14.6. The average molecular weight is 957 g/mol. The number of benzene rings is 1. The minimum Gasteiger partial charge on any atom is -0.493 e. The van der Waals surface area contributed by atoms with Crippen molar-refractivity contribution in [2.24, 2.45) is 23.7 Å². The van der Waals surface area contributed by atoms with Crippen molar-refractivity contribution in [2.75, 3.05) is 129 Å². The lowest BCUT2D eigenvalue weighted by atomic mass is 9.84. The first-order valence-electron chi connectivity index (χ1n) is 27.5. The molecule has 15 heteroatoms. The second-order valence-electron chi connectivity index (χ2n) is 20.7. The SMILES string of the molecule is CCCCOc1cc(OCCCC)cc(OCCCN(CCCC)c2nc(N(C)CCCC)nc(N(C)CCCC3CN(c4nc(N5CCC(C)CC5)nc(N5CCC(C)CC5)n4)CCC3C)n2)c1. The molecule has 3 fully saturated rings. The Morgan fingerprint density at radius 2 is 0.884 bits per heavy atom. The fraction of sp³-hybridized carbons (Fsp3) is 0.778. The van der Waals surface area contributed by atoms with E-state index in [-0.39, 0.29) is 0 Å². The Morgan fingerprint density at radius 1 is 0.478 bits per heavy atom. The number of nitrogens with zero attached hydrogens (tertiary/aromatic N) is 12. The van der Waals surface area contributed by atoms with E-state index < -0.39 is 0 Å². The average Bonchev–Trinajstić information content (AvgIpc) is 3.36. The summed E-state index contributed by atoms with van der Waals surface area (Å²) in [6, 6.07) is 5.96. The number of aromatic nitrogens is 6. The number of hydrogen-bond donors (Lipinski definition) is 0. The van der Waals surface area contributed by atoms with E-state index >= 15 is 0 Å². The molecule has 1 aromatic carbocycles. The van der Waals surface area contributed by atoms with Gasteiger partial charge < -0.3 is 43.6 Å². The molecule has 3 aromatic rings. The molecule has 15 nitrogen and oxygen atoms in total. The highest BCUT2D eigenvalue weighted by atomic mass is 16.5. The Labute approximate surface area is 417 Å². The lowest BCUT2D eigenvalue weighted by molar-refractivity contribution is 0.278. The highest BCUT2D eigenvalue weighted by Crippen LogP contribution is 2.33. The molecule has 2 unspecified atom stereocenters. The first-order chi connectivity index (χ1) is 33.6. The molecule has 0 N–H and O–H groups in total. The highest BCUT2D eigenvalue weighted by molar-refractivity contribution is 5.48. The minimum atomic E-state index is 0.537. The monoisotopic (exact) mass is 957 g/mol. The number of piperidine rings is 3. The molecule has 3 aliphatic heterocycles. The normalized spacial score (nSPS) is 18.1. The van der Waals surface area contributed by atoms with Crippen molar-refractivity contribution in [3.63, 3.8) is 0 Å². The Morgan fingerprint density at radius 3 is 1.38 bits per heavy atom. The summed E-state index contributed by atoms with van der Waals surface area (Å²) in [6.07, 6.45) is 17.4. The Kier molecular flexibility index (Phi) is 22.1. The van der Waals surface area contributed by atoms with Crippen LogP contribution >= 0.6 is 0 Å². The summed E-state index contributed by atoms with van der Waals surface area (Å²) < 4.78 is 18.6. The van der Waals surface area contributed by atoms with E-state index in [1.807, 2.05) is 18.2 Å². The number of hydrogen-bond acceptors (Lipinski definition) is 15. The second-order valence-corrected chi connectivity index (χ2v) is 20.7. The number of unbranched alkanes of at least 4 members (excludes halogenated alkanes) is 4. The summed E-state index contributed by atoms with van der Waals surface area (Å²) in [7, 11) is 4.25. The third kappa shape index (κ3) is 16.8. The zero-order chi connectivity index (χ0) is 49.0. The highest BCUT2D eigenvalue weighted by Gasteiger charge is 2.31. The largest absolute Gasteiger partial charge is 0.493 e. The first kappa shape index (κ1) is 53.8. The molecular weight excluding hydrogens is 865 g/mol. The Balaban J connectivity index is 1.12. The second kappa shape index (κ2) is 28.3. The number of anilines is 6. The van der Waals surface area contributed by atoms with Gasteiger partial charge in [0.05, 0.1) is 19.8 Å². The van der Waals surface area contributed by atoms with Crippen molar-refractivity contribution in [3.05, 3.63) is 18.2 Å². The van der Waals surface area contributed by atoms with E-state index in [2.05, 4.69) is 92.0 Å². The molecule has 0 radical (unpaired) electrons.